The number of hydrogen-bond acceptors (Lipinski definition) is 6. The standard InChI is InChI=1S/C21H21ClF5N7/c1-13-7-20(23,24)12-33(11-14-6-16(22)2-3-17(14)34-31-4-5-32-34)18(13)10-30-19-28-8-15(9-29-19)21(25,26)27/h2-6,8-9,13,18H,7,10-12H2,1H3,(H,28,29,30)/t13-,18?/m1/s1. The highest BCUT2D eigenvalue weighted by Gasteiger charge is 2.44. The summed E-state index contributed by atoms with van der Waals surface area (Å²) in [6, 6.07) is 4.69. The molecule has 3 heterocycles. The molecule has 0 bridgehead atoms. The van der Waals surface area contributed by atoms with Crippen LogP contribution < -0.4 is 5.32 Å². The van der Waals surface area contributed by atoms with Crippen LogP contribution in [0.1, 0.15) is 24.5 Å². The van der Waals surface area contributed by atoms with E-state index in [4.69, 9.17) is 11.6 Å². The van der Waals surface area contributed by atoms with Crippen LogP contribution >= 0.6 is 11.6 Å². The van der Waals surface area contributed by atoms with Crippen LogP contribution in [0.5, 0.6) is 0 Å². The van der Waals surface area contributed by atoms with Gasteiger partial charge < -0.3 is 5.32 Å². The predicted octanol–water partition coefficient (Wildman–Crippen LogP) is 4.69. The number of anilines is 1. The van der Waals surface area contributed by atoms with Crippen LogP contribution in [0.3, 0.4) is 0 Å². The van der Waals surface area contributed by atoms with Gasteiger partial charge in [-0.1, -0.05) is 18.5 Å². The van der Waals surface area contributed by atoms with E-state index < -0.39 is 30.1 Å². The Balaban J connectivity index is 1.55. The van der Waals surface area contributed by atoms with Crippen molar-refractivity contribution < 1.29 is 22.0 Å². The first-order chi connectivity index (χ1) is 16.0. The molecule has 1 aromatic carbocycles. The van der Waals surface area contributed by atoms with E-state index in [1.807, 2.05) is 0 Å². The lowest BCUT2D eigenvalue weighted by atomic mass is 9.88. The Morgan fingerprint density at radius 3 is 2.47 bits per heavy atom. The molecule has 0 aliphatic carbocycles. The highest BCUT2D eigenvalue weighted by Crippen LogP contribution is 2.36. The van der Waals surface area contributed by atoms with Gasteiger partial charge in [0.2, 0.25) is 5.95 Å². The molecule has 34 heavy (non-hydrogen) atoms. The maximum absolute atomic E-state index is 14.5. The maximum atomic E-state index is 14.5. The van der Waals surface area contributed by atoms with E-state index in [9.17, 15) is 22.0 Å². The summed E-state index contributed by atoms with van der Waals surface area (Å²) in [5.74, 6) is -3.33. The number of alkyl halides is 5. The number of hydrogen-bond donors (Lipinski definition) is 1. The van der Waals surface area contributed by atoms with Gasteiger partial charge in [0.25, 0.3) is 5.92 Å². The van der Waals surface area contributed by atoms with Gasteiger partial charge in [-0.15, -0.1) is 0 Å². The fraction of sp³-hybridized carbons (Fsp3) is 0.429. The molecular formula is C21H21ClF5N7. The van der Waals surface area contributed by atoms with Crippen molar-refractivity contribution in [2.45, 2.75) is 38.0 Å². The highest BCUT2D eigenvalue weighted by atomic mass is 35.5. The topological polar surface area (TPSA) is 71.8 Å². The molecule has 0 amide bonds. The fourth-order valence-electron chi connectivity index (χ4n) is 4.15. The van der Waals surface area contributed by atoms with Gasteiger partial charge in [0.1, 0.15) is 0 Å². The van der Waals surface area contributed by atoms with Crippen LogP contribution in [-0.4, -0.2) is 54.9 Å². The van der Waals surface area contributed by atoms with E-state index in [1.165, 1.54) is 17.2 Å². The quantitative estimate of drug-likeness (QED) is 0.494. The van der Waals surface area contributed by atoms with Crippen molar-refractivity contribution in [1.29, 1.82) is 0 Å². The summed E-state index contributed by atoms with van der Waals surface area (Å²) < 4.78 is 67.2. The van der Waals surface area contributed by atoms with Crippen LogP contribution in [-0.2, 0) is 12.7 Å². The Morgan fingerprint density at radius 2 is 1.82 bits per heavy atom. The van der Waals surface area contributed by atoms with Crippen molar-refractivity contribution in [3.8, 4) is 5.69 Å². The molecule has 1 aliphatic heterocycles. The van der Waals surface area contributed by atoms with Gasteiger partial charge in [-0.2, -0.15) is 28.2 Å². The van der Waals surface area contributed by atoms with Crippen LogP contribution in [0.25, 0.3) is 5.69 Å². The third-order valence-electron chi connectivity index (χ3n) is 5.68. The smallest absolute Gasteiger partial charge is 0.353 e. The second-order valence-electron chi connectivity index (χ2n) is 8.28. The molecule has 3 aromatic rings. The Kier molecular flexibility index (Phi) is 6.72. The van der Waals surface area contributed by atoms with Gasteiger partial charge in [0, 0.05) is 43.0 Å². The van der Waals surface area contributed by atoms with Crippen molar-refractivity contribution in [3.05, 3.63) is 59.1 Å². The van der Waals surface area contributed by atoms with Crippen LogP contribution in [0, 0.1) is 5.92 Å². The van der Waals surface area contributed by atoms with E-state index in [0.717, 1.165) is 0 Å². The number of aromatic nitrogens is 5. The average Bonchev–Trinajstić information content (AvgIpc) is 3.27. The Hall–Kier alpha value is -2.86. The summed E-state index contributed by atoms with van der Waals surface area (Å²) in [6.45, 7) is 1.53. The van der Waals surface area contributed by atoms with E-state index in [0.29, 0.717) is 28.7 Å². The molecule has 0 spiro atoms. The molecule has 4 rings (SSSR count). The molecule has 1 unspecified atom stereocenters. The Morgan fingerprint density at radius 1 is 1.15 bits per heavy atom. The lowest BCUT2D eigenvalue weighted by molar-refractivity contribution is -0.138. The third kappa shape index (κ3) is 5.61. The van der Waals surface area contributed by atoms with Crippen molar-refractivity contribution in [3.63, 3.8) is 0 Å². The molecule has 7 nitrogen and oxygen atoms in total. The second kappa shape index (κ2) is 9.41. The first-order valence-electron chi connectivity index (χ1n) is 10.4. The minimum atomic E-state index is -4.54. The first kappa shape index (κ1) is 24.3. The second-order valence-corrected chi connectivity index (χ2v) is 8.71. The lowest BCUT2D eigenvalue weighted by Crippen LogP contribution is -2.55. The van der Waals surface area contributed by atoms with Gasteiger partial charge in [0.15, 0.2) is 0 Å². The molecule has 1 fully saturated rings. The fourth-order valence-corrected chi connectivity index (χ4v) is 4.34. The van der Waals surface area contributed by atoms with E-state index >= 15 is 0 Å². The molecule has 13 heteroatoms. The number of benzene rings is 1. The largest absolute Gasteiger partial charge is 0.419 e. The number of nitrogens with one attached hydrogen (secondary N) is 1. The molecule has 2 atom stereocenters. The van der Waals surface area contributed by atoms with Crippen molar-refractivity contribution in [2.75, 3.05) is 18.4 Å². The minimum absolute atomic E-state index is 0.0123. The lowest BCUT2D eigenvalue weighted by Gasteiger charge is -2.43. The molecule has 2 aromatic heterocycles. The van der Waals surface area contributed by atoms with Crippen molar-refractivity contribution in [1.82, 2.24) is 29.9 Å². The molecule has 1 N–H and O–H groups in total. The van der Waals surface area contributed by atoms with Crippen molar-refractivity contribution in [2.24, 2.45) is 5.92 Å². The highest BCUT2D eigenvalue weighted by molar-refractivity contribution is 6.30. The monoisotopic (exact) mass is 501 g/mol. The summed E-state index contributed by atoms with van der Waals surface area (Å²) in [5.41, 5.74) is 0.296. The molecule has 182 valence electrons. The number of rotatable bonds is 6. The Bertz CT molecular complexity index is 1110. The minimum Gasteiger partial charge on any atom is -0.353 e. The summed E-state index contributed by atoms with van der Waals surface area (Å²) in [4.78, 5) is 10.4. The third-order valence-corrected chi connectivity index (χ3v) is 5.91. The predicted molar refractivity (Wildman–Crippen MR) is 115 cm³/mol. The SMILES string of the molecule is C[C@@H]1CC(F)(F)CN(Cc2cc(Cl)ccc2-n2nccn2)C1CNc1ncc(C(F)(F)F)cn1. The summed E-state index contributed by atoms with van der Waals surface area (Å²) >= 11 is 6.18. The van der Waals surface area contributed by atoms with E-state index in [2.05, 4.69) is 25.5 Å². The zero-order chi connectivity index (χ0) is 24.5. The zero-order valence-corrected chi connectivity index (χ0v) is 18.7. The van der Waals surface area contributed by atoms with Crippen LogP contribution in [0.2, 0.25) is 5.02 Å². The summed E-state index contributed by atoms with van der Waals surface area (Å²) in [6.07, 6.45) is -0.482. The van der Waals surface area contributed by atoms with Gasteiger partial charge in [-0.3, -0.25) is 4.90 Å². The number of likely N-dealkylation sites (tertiary alicyclic amines) is 1. The molecular weight excluding hydrogens is 481 g/mol. The maximum Gasteiger partial charge on any atom is 0.419 e. The number of nitrogens with zero attached hydrogens (tertiary/aromatic N) is 6. The zero-order valence-electron chi connectivity index (χ0n) is 18.0. The molecule has 0 saturated carbocycles. The van der Waals surface area contributed by atoms with Crippen molar-refractivity contribution >= 4 is 17.5 Å². The number of piperidine rings is 1. The Labute approximate surface area is 196 Å². The van der Waals surface area contributed by atoms with Gasteiger partial charge in [-0.05, 0) is 29.7 Å². The van der Waals surface area contributed by atoms with Crippen LogP contribution in [0.15, 0.2) is 43.0 Å². The normalized spacial score (nSPS) is 20.9. The van der Waals surface area contributed by atoms with Gasteiger partial charge in [-0.25, -0.2) is 18.7 Å². The van der Waals surface area contributed by atoms with E-state index in [-0.39, 0.29) is 31.5 Å². The van der Waals surface area contributed by atoms with Gasteiger partial charge in [0.05, 0.1) is 30.2 Å². The van der Waals surface area contributed by atoms with E-state index in [1.54, 1.807) is 30.0 Å². The van der Waals surface area contributed by atoms with Crippen LogP contribution in [0.4, 0.5) is 27.9 Å². The molecule has 1 aliphatic rings. The summed E-state index contributed by atoms with van der Waals surface area (Å²) in [5, 5.41) is 11.6. The first-order valence-corrected chi connectivity index (χ1v) is 10.8. The molecule has 0 radical (unpaired) electrons. The number of halogens is 6. The summed E-state index contributed by atoms with van der Waals surface area (Å²) in [7, 11) is 0. The van der Waals surface area contributed by atoms with Gasteiger partial charge >= 0.3 is 6.18 Å². The molecule has 1 saturated heterocycles. The average molecular weight is 502 g/mol.